The Labute approximate surface area is 104 Å². The van der Waals surface area contributed by atoms with E-state index in [-0.39, 0.29) is 0 Å². The Morgan fingerprint density at radius 1 is 1.33 bits per heavy atom. The lowest BCUT2D eigenvalue weighted by Gasteiger charge is -2.11. The van der Waals surface area contributed by atoms with Crippen molar-refractivity contribution in [2.45, 2.75) is 31.3 Å². The van der Waals surface area contributed by atoms with Crippen LogP contribution in [0.25, 0.3) is 11.4 Å². The van der Waals surface area contributed by atoms with Crippen LogP contribution in [0.1, 0.15) is 19.3 Å². The van der Waals surface area contributed by atoms with E-state index in [0.717, 1.165) is 25.0 Å². The lowest BCUT2D eigenvalue weighted by molar-refractivity contribution is 0.683. The van der Waals surface area contributed by atoms with Crippen molar-refractivity contribution in [3.05, 3.63) is 18.5 Å². The average Bonchev–Trinajstić information content (AvgIpc) is 3.02. The smallest absolute Gasteiger partial charge is 0.242 e. The van der Waals surface area contributed by atoms with Gasteiger partial charge in [-0.2, -0.15) is 5.10 Å². The molecule has 7 nitrogen and oxygen atoms in total. The second-order valence-electron chi connectivity index (χ2n) is 4.55. The molecule has 18 heavy (non-hydrogen) atoms. The van der Waals surface area contributed by atoms with Gasteiger partial charge in [-0.1, -0.05) is 0 Å². The molecule has 0 spiro atoms. The van der Waals surface area contributed by atoms with Crippen LogP contribution in [-0.2, 0) is 0 Å². The van der Waals surface area contributed by atoms with Crippen molar-refractivity contribution in [1.82, 2.24) is 25.4 Å². The fourth-order valence-electron chi connectivity index (χ4n) is 2.19. The maximum absolute atomic E-state index is 5.86. The van der Waals surface area contributed by atoms with Crippen LogP contribution in [-0.4, -0.2) is 37.5 Å². The molecule has 2 heterocycles. The van der Waals surface area contributed by atoms with Crippen LogP contribution in [0.3, 0.4) is 0 Å². The van der Waals surface area contributed by atoms with Crippen molar-refractivity contribution in [3.8, 4) is 11.4 Å². The molecule has 0 amide bonds. The van der Waals surface area contributed by atoms with Crippen molar-refractivity contribution >= 4 is 5.95 Å². The van der Waals surface area contributed by atoms with Crippen LogP contribution in [0.2, 0.25) is 0 Å². The van der Waals surface area contributed by atoms with Gasteiger partial charge in [0.15, 0.2) is 0 Å². The first kappa shape index (κ1) is 11.1. The zero-order valence-corrected chi connectivity index (χ0v) is 9.87. The SMILES string of the molecule is NC1CCC(Nc2ncc(-c3ccn[nH]3)nn2)C1. The Balaban J connectivity index is 1.68. The van der Waals surface area contributed by atoms with E-state index in [4.69, 9.17) is 5.73 Å². The molecule has 4 N–H and O–H groups in total. The summed E-state index contributed by atoms with van der Waals surface area (Å²) in [6.45, 7) is 0. The predicted octanol–water partition coefficient (Wildman–Crippen LogP) is 0.553. The number of aromatic nitrogens is 5. The van der Waals surface area contributed by atoms with Gasteiger partial charge in [0.1, 0.15) is 5.69 Å². The van der Waals surface area contributed by atoms with Gasteiger partial charge in [0.05, 0.1) is 11.9 Å². The monoisotopic (exact) mass is 245 g/mol. The minimum atomic E-state index is 0.291. The fourth-order valence-corrected chi connectivity index (χ4v) is 2.19. The van der Waals surface area contributed by atoms with Gasteiger partial charge < -0.3 is 11.1 Å². The van der Waals surface area contributed by atoms with Gasteiger partial charge in [-0.15, -0.1) is 10.2 Å². The first-order valence-electron chi connectivity index (χ1n) is 6.03. The molecule has 94 valence electrons. The third-order valence-corrected chi connectivity index (χ3v) is 3.14. The largest absolute Gasteiger partial charge is 0.350 e. The molecule has 2 atom stereocenters. The zero-order valence-electron chi connectivity index (χ0n) is 9.87. The summed E-state index contributed by atoms with van der Waals surface area (Å²) in [4.78, 5) is 4.25. The molecule has 1 fully saturated rings. The zero-order chi connectivity index (χ0) is 12.4. The van der Waals surface area contributed by atoms with Gasteiger partial charge in [0, 0.05) is 18.3 Å². The normalized spacial score (nSPS) is 23.2. The van der Waals surface area contributed by atoms with Gasteiger partial charge in [-0.25, -0.2) is 4.98 Å². The van der Waals surface area contributed by atoms with Gasteiger partial charge in [0.25, 0.3) is 0 Å². The summed E-state index contributed by atoms with van der Waals surface area (Å²) in [7, 11) is 0. The molecule has 0 radical (unpaired) electrons. The van der Waals surface area contributed by atoms with Crippen molar-refractivity contribution in [2.24, 2.45) is 5.73 Å². The highest BCUT2D eigenvalue weighted by molar-refractivity contribution is 5.51. The van der Waals surface area contributed by atoms with Crippen LogP contribution in [0.15, 0.2) is 18.5 Å². The molecule has 3 rings (SSSR count). The van der Waals surface area contributed by atoms with Crippen molar-refractivity contribution in [1.29, 1.82) is 0 Å². The molecule has 0 aromatic carbocycles. The Morgan fingerprint density at radius 2 is 2.28 bits per heavy atom. The van der Waals surface area contributed by atoms with Gasteiger partial charge >= 0.3 is 0 Å². The van der Waals surface area contributed by atoms with E-state index >= 15 is 0 Å². The Bertz CT molecular complexity index is 493. The van der Waals surface area contributed by atoms with Crippen LogP contribution in [0, 0.1) is 0 Å². The molecule has 1 saturated carbocycles. The fraction of sp³-hybridized carbons (Fsp3) is 0.455. The highest BCUT2D eigenvalue weighted by Gasteiger charge is 2.22. The number of nitrogens with two attached hydrogens (primary N) is 1. The number of nitrogens with zero attached hydrogens (tertiary/aromatic N) is 4. The second-order valence-corrected chi connectivity index (χ2v) is 4.55. The number of nitrogens with one attached hydrogen (secondary N) is 2. The summed E-state index contributed by atoms with van der Waals surface area (Å²) >= 11 is 0. The van der Waals surface area contributed by atoms with Crippen molar-refractivity contribution in [3.63, 3.8) is 0 Å². The molecule has 2 aromatic heterocycles. The first-order valence-corrected chi connectivity index (χ1v) is 6.03. The Hall–Kier alpha value is -2.02. The molecular weight excluding hydrogens is 230 g/mol. The predicted molar refractivity (Wildman–Crippen MR) is 66.6 cm³/mol. The number of hydrogen-bond acceptors (Lipinski definition) is 6. The average molecular weight is 245 g/mol. The van der Waals surface area contributed by atoms with Crippen LogP contribution in [0.5, 0.6) is 0 Å². The van der Waals surface area contributed by atoms with E-state index in [1.54, 1.807) is 12.4 Å². The molecule has 0 aliphatic heterocycles. The molecule has 0 saturated heterocycles. The van der Waals surface area contributed by atoms with E-state index < -0.39 is 0 Å². The third-order valence-electron chi connectivity index (χ3n) is 3.14. The van der Waals surface area contributed by atoms with E-state index in [0.29, 0.717) is 23.7 Å². The third kappa shape index (κ3) is 2.30. The highest BCUT2D eigenvalue weighted by atomic mass is 15.3. The number of anilines is 1. The number of hydrogen-bond donors (Lipinski definition) is 3. The summed E-state index contributed by atoms with van der Waals surface area (Å²) in [5, 5.41) is 18.1. The van der Waals surface area contributed by atoms with Gasteiger partial charge in [-0.3, -0.25) is 5.10 Å². The van der Waals surface area contributed by atoms with Crippen LogP contribution >= 0.6 is 0 Å². The summed E-state index contributed by atoms with van der Waals surface area (Å²) in [5.41, 5.74) is 7.35. The standard InChI is InChI=1S/C11H15N7/c12-7-1-2-8(5-7)15-11-13-6-10(17-18-11)9-3-4-14-16-9/h3-4,6-8H,1-2,5,12H2,(H,14,16)(H,13,15,18). The molecule has 7 heteroatoms. The number of aromatic amines is 1. The maximum Gasteiger partial charge on any atom is 0.242 e. The Morgan fingerprint density at radius 3 is 2.89 bits per heavy atom. The van der Waals surface area contributed by atoms with Crippen LogP contribution in [0.4, 0.5) is 5.95 Å². The second kappa shape index (κ2) is 4.69. The number of H-pyrrole nitrogens is 1. The highest BCUT2D eigenvalue weighted by Crippen LogP contribution is 2.20. The minimum Gasteiger partial charge on any atom is -0.350 e. The molecular formula is C11H15N7. The maximum atomic E-state index is 5.86. The summed E-state index contributed by atoms with van der Waals surface area (Å²) in [6, 6.07) is 2.48. The summed E-state index contributed by atoms with van der Waals surface area (Å²) in [6.07, 6.45) is 6.43. The molecule has 0 bridgehead atoms. The van der Waals surface area contributed by atoms with Gasteiger partial charge in [-0.05, 0) is 25.3 Å². The van der Waals surface area contributed by atoms with E-state index in [1.807, 2.05) is 6.07 Å². The molecule has 2 unspecified atom stereocenters. The Kier molecular flexibility index (Phi) is 2.89. The topological polar surface area (TPSA) is 105 Å². The molecule has 1 aliphatic rings. The molecule has 1 aliphatic carbocycles. The van der Waals surface area contributed by atoms with Gasteiger partial charge in [0.2, 0.25) is 5.95 Å². The minimum absolute atomic E-state index is 0.291. The first-order chi connectivity index (χ1) is 8.81. The van der Waals surface area contributed by atoms with Crippen LogP contribution < -0.4 is 11.1 Å². The number of rotatable bonds is 3. The van der Waals surface area contributed by atoms with E-state index in [9.17, 15) is 0 Å². The van der Waals surface area contributed by atoms with E-state index in [1.165, 1.54) is 0 Å². The lowest BCUT2D eigenvalue weighted by atomic mass is 10.2. The van der Waals surface area contributed by atoms with Crippen molar-refractivity contribution in [2.75, 3.05) is 5.32 Å². The van der Waals surface area contributed by atoms with E-state index in [2.05, 4.69) is 30.7 Å². The lowest BCUT2D eigenvalue weighted by Crippen LogP contribution is -2.21. The summed E-state index contributed by atoms with van der Waals surface area (Å²) < 4.78 is 0. The quantitative estimate of drug-likeness (QED) is 0.729. The van der Waals surface area contributed by atoms with Crippen molar-refractivity contribution < 1.29 is 0 Å². The molecule has 2 aromatic rings. The summed E-state index contributed by atoms with van der Waals surface area (Å²) in [5.74, 6) is 0.553.